The van der Waals surface area contributed by atoms with E-state index in [0.29, 0.717) is 6.61 Å². The zero-order chi connectivity index (χ0) is 14.9. The van der Waals surface area contributed by atoms with Crippen LogP contribution in [0.2, 0.25) is 0 Å². The summed E-state index contributed by atoms with van der Waals surface area (Å²) in [7, 11) is 0. The van der Waals surface area contributed by atoms with Crippen molar-refractivity contribution >= 4 is 0 Å². The van der Waals surface area contributed by atoms with Crippen molar-refractivity contribution in [1.82, 2.24) is 0 Å². The van der Waals surface area contributed by atoms with Gasteiger partial charge in [0.05, 0.1) is 12.7 Å². The lowest BCUT2D eigenvalue weighted by molar-refractivity contribution is -0.641. The van der Waals surface area contributed by atoms with E-state index in [0.717, 1.165) is 12.8 Å². The molecule has 122 valence electrons. The minimum Gasteiger partial charge on any atom is -0.204 e. The van der Waals surface area contributed by atoms with Crippen molar-refractivity contribution in [2.75, 3.05) is 6.61 Å². The van der Waals surface area contributed by atoms with E-state index in [1.165, 1.54) is 57.8 Å². The zero-order valence-electron chi connectivity index (χ0n) is 13.7. The molecule has 4 heteroatoms. The first-order valence-corrected chi connectivity index (χ1v) is 8.46. The third-order valence-electron chi connectivity index (χ3n) is 3.45. The predicted molar refractivity (Wildman–Crippen MR) is 80.8 cm³/mol. The summed E-state index contributed by atoms with van der Waals surface area (Å²) in [6.07, 6.45) is 14.1. The summed E-state index contributed by atoms with van der Waals surface area (Å²) in [6, 6.07) is 0. The molecule has 0 bridgehead atoms. The maximum absolute atomic E-state index is 5.12. The Hall–Kier alpha value is -0.160. The molecule has 0 aliphatic heterocycles. The van der Waals surface area contributed by atoms with Crippen LogP contribution in [0.15, 0.2) is 0 Å². The number of hydrogen-bond donors (Lipinski definition) is 0. The Kier molecular flexibility index (Phi) is 16.8. The smallest absolute Gasteiger partial charge is 0.0959 e. The highest BCUT2D eigenvalue weighted by molar-refractivity contribution is 4.54. The lowest BCUT2D eigenvalue weighted by atomic mass is 10.0. The fourth-order valence-corrected chi connectivity index (χ4v) is 2.14. The lowest BCUT2D eigenvalue weighted by Gasteiger charge is -2.12. The van der Waals surface area contributed by atoms with Crippen LogP contribution in [0.5, 0.6) is 0 Å². The second-order valence-corrected chi connectivity index (χ2v) is 5.29. The summed E-state index contributed by atoms with van der Waals surface area (Å²) in [5, 5.41) is 8.92. The van der Waals surface area contributed by atoms with Gasteiger partial charge in [-0.15, -0.1) is 0 Å². The lowest BCUT2D eigenvalue weighted by Crippen LogP contribution is -2.12. The van der Waals surface area contributed by atoms with Gasteiger partial charge in [-0.05, 0) is 29.8 Å². The average Bonchev–Trinajstić information content (AvgIpc) is 2.47. The molecule has 20 heavy (non-hydrogen) atoms. The van der Waals surface area contributed by atoms with Crippen molar-refractivity contribution in [1.29, 1.82) is 0 Å². The van der Waals surface area contributed by atoms with E-state index >= 15 is 0 Å². The molecule has 0 saturated heterocycles. The van der Waals surface area contributed by atoms with Crippen LogP contribution in [0.3, 0.4) is 0 Å². The third kappa shape index (κ3) is 14.3. The minimum atomic E-state index is 0.0972. The highest BCUT2D eigenvalue weighted by atomic mass is 17.7. The van der Waals surface area contributed by atoms with Crippen molar-refractivity contribution in [2.45, 2.75) is 97.5 Å². The number of rotatable bonds is 16. The quantitative estimate of drug-likeness (QED) is 0.213. The van der Waals surface area contributed by atoms with Gasteiger partial charge in [0.25, 0.3) is 0 Å². The Morgan fingerprint density at radius 2 is 1.30 bits per heavy atom. The van der Waals surface area contributed by atoms with Crippen molar-refractivity contribution in [2.24, 2.45) is 0 Å². The van der Waals surface area contributed by atoms with Gasteiger partial charge in [-0.2, -0.15) is 0 Å². The molecule has 0 aliphatic rings. The fourth-order valence-electron chi connectivity index (χ4n) is 2.14. The fraction of sp³-hybridized carbons (Fsp3) is 1.00. The Bertz CT molecular complexity index is 176. The van der Waals surface area contributed by atoms with Gasteiger partial charge < -0.3 is 0 Å². The Morgan fingerprint density at radius 3 is 1.85 bits per heavy atom. The van der Waals surface area contributed by atoms with Crippen molar-refractivity contribution in [3.8, 4) is 0 Å². The monoisotopic (exact) mass is 290 g/mol. The SMILES string of the molecule is CCCCCCCCCCCC(CC)OOOOCC. The van der Waals surface area contributed by atoms with Gasteiger partial charge in [0.15, 0.2) is 0 Å². The molecule has 0 fully saturated rings. The third-order valence-corrected chi connectivity index (χ3v) is 3.45. The van der Waals surface area contributed by atoms with Gasteiger partial charge in [0.1, 0.15) is 0 Å². The summed E-state index contributed by atoms with van der Waals surface area (Å²) in [5.41, 5.74) is 0. The topological polar surface area (TPSA) is 36.9 Å². The van der Waals surface area contributed by atoms with Crippen LogP contribution in [-0.2, 0) is 19.9 Å². The van der Waals surface area contributed by atoms with Crippen LogP contribution >= 0.6 is 0 Å². The summed E-state index contributed by atoms with van der Waals surface area (Å²) in [5.74, 6) is 0. The maximum atomic E-state index is 5.12. The molecule has 0 rings (SSSR count). The Labute approximate surface area is 124 Å². The van der Waals surface area contributed by atoms with Gasteiger partial charge in [0, 0.05) is 0 Å². The molecule has 0 heterocycles. The molecule has 0 aromatic rings. The van der Waals surface area contributed by atoms with Crippen LogP contribution in [0, 0.1) is 0 Å². The van der Waals surface area contributed by atoms with Gasteiger partial charge in [-0.3, -0.25) is 0 Å². The molecule has 4 nitrogen and oxygen atoms in total. The van der Waals surface area contributed by atoms with Crippen molar-refractivity contribution in [3.63, 3.8) is 0 Å². The first-order chi connectivity index (χ1) is 9.85. The Balaban J connectivity index is 3.24. The first kappa shape index (κ1) is 19.8. The van der Waals surface area contributed by atoms with Gasteiger partial charge in [-0.25, -0.2) is 9.78 Å². The number of unbranched alkanes of at least 4 members (excludes halogenated alkanes) is 8. The van der Waals surface area contributed by atoms with Crippen molar-refractivity contribution in [3.05, 3.63) is 0 Å². The van der Waals surface area contributed by atoms with Crippen molar-refractivity contribution < 1.29 is 19.9 Å². The molecule has 0 aromatic heterocycles. The molecule has 1 unspecified atom stereocenters. The van der Waals surface area contributed by atoms with Crippen LogP contribution in [-0.4, -0.2) is 12.7 Å². The highest BCUT2D eigenvalue weighted by Crippen LogP contribution is 2.14. The molecular formula is C16H34O4. The molecular weight excluding hydrogens is 256 g/mol. The zero-order valence-corrected chi connectivity index (χ0v) is 13.7. The second kappa shape index (κ2) is 16.9. The van der Waals surface area contributed by atoms with E-state index in [1.54, 1.807) is 0 Å². The number of hydrogen-bond acceptors (Lipinski definition) is 4. The van der Waals surface area contributed by atoms with Gasteiger partial charge >= 0.3 is 0 Å². The van der Waals surface area contributed by atoms with Crippen LogP contribution in [0.25, 0.3) is 0 Å². The van der Waals surface area contributed by atoms with E-state index < -0.39 is 0 Å². The predicted octanol–water partition coefficient (Wildman–Crippen LogP) is 5.52. The standard InChI is InChI=1S/C16H34O4/c1-4-7-8-9-10-11-12-13-14-15-16(5-2)18-20-19-17-6-3/h16H,4-15H2,1-3H3. The average molecular weight is 290 g/mol. The van der Waals surface area contributed by atoms with E-state index in [4.69, 9.17) is 4.89 Å². The second-order valence-electron chi connectivity index (χ2n) is 5.29. The van der Waals surface area contributed by atoms with E-state index in [1.807, 2.05) is 6.92 Å². The summed E-state index contributed by atoms with van der Waals surface area (Å²) < 4.78 is 0. The molecule has 0 amide bonds. The van der Waals surface area contributed by atoms with E-state index in [-0.39, 0.29) is 6.10 Å². The minimum absolute atomic E-state index is 0.0972. The van der Waals surface area contributed by atoms with Gasteiger partial charge in [-0.1, -0.05) is 71.6 Å². The maximum Gasteiger partial charge on any atom is 0.0959 e. The molecule has 0 saturated carbocycles. The van der Waals surface area contributed by atoms with Crippen LogP contribution in [0.4, 0.5) is 0 Å². The molecule has 0 N–H and O–H groups in total. The molecule has 0 aromatic carbocycles. The van der Waals surface area contributed by atoms with Crippen LogP contribution in [0.1, 0.15) is 91.4 Å². The summed E-state index contributed by atoms with van der Waals surface area (Å²) in [4.78, 5) is 9.70. The normalized spacial score (nSPS) is 12.8. The largest absolute Gasteiger partial charge is 0.204 e. The summed E-state index contributed by atoms with van der Waals surface area (Å²) >= 11 is 0. The molecule has 1 atom stereocenters. The van der Waals surface area contributed by atoms with Crippen LogP contribution < -0.4 is 0 Å². The Morgan fingerprint density at radius 1 is 0.700 bits per heavy atom. The molecule has 0 spiro atoms. The van der Waals surface area contributed by atoms with E-state index in [2.05, 4.69) is 28.8 Å². The van der Waals surface area contributed by atoms with E-state index in [9.17, 15) is 0 Å². The highest BCUT2D eigenvalue weighted by Gasteiger charge is 2.08. The summed E-state index contributed by atoms with van der Waals surface area (Å²) in [6.45, 7) is 6.61. The molecule has 0 radical (unpaired) electrons. The molecule has 0 aliphatic carbocycles. The van der Waals surface area contributed by atoms with Gasteiger partial charge in [0.2, 0.25) is 0 Å². The first-order valence-electron chi connectivity index (χ1n) is 8.46.